The van der Waals surface area contributed by atoms with Crippen molar-refractivity contribution in [3.8, 4) is 0 Å². The largest absolute Gasteiger partial charge is 0.341 e. The molecule has 0 saturated heterocycles. The van der Waals surface area contributed by atoms with E-state index in [1.807, 2.05) is 60.8 Å². The number of benzene rings is 1. The van der Waals surface area contributed by atoms with Gasteiger partial charge in [0.1, 0.15) is 17.2 Å². The molecule has 0 radical (unpaired) electrons. The fourth-order valence-corrected chi connectivity index (χ4v) is 2.71. The first-order chi connectivity index (χ1) is 11.6. The van der Waals surface area contributed by atoms with Crippen LogP contribution in [0, 0.1) is 6.92 Å². The topological polar surface area (TPSA) is 75.1 Å². The van der Waals surface area contributed by atoms with E-state index in [9.17, 15) is 4.79 Å². The monoisotopic (exact) mass is 319 g/mol. The number of aryl methyl sites for hydroxylation is 1. The lowest BCUT2D eigenvalue weighted by Gasteiger charge is -2.09. The normalized spacial score (nSPS) is 12.6. The van der Waals surface area contributed by atoms with Crippen LogP contribution in [0.4, 0.5) is 0 Å². The molecule has 0 unspecified atom stereocenters. The van der Waals surface area contributed by atoms with Gasteiger partial charge in [-0.05, 0) is 43.7 Å². The quantitative estimate of drug-likeness (QED) is 0.609. The van der Waals surface area contributed by atoms with Crippen LogP contribution in [0.15, 0.2) is 48.8 Å². The second-order valence-electron chi connectivity index (χ2n) is 5.93. The Kier molecular flexibility index (Phi) is 3.30. The van der Waals surface area contributed by atoms with E-state index >= 15 is 0 Å². The minimum atomic E-state index is -0.239. The highest BCUT2D eigenvalue weighted by Gasteiger charge is 2.17. The fraction of sp³-hybridized carbons (Fsp3) is 0.167. The number of H-pyrrole nitrogens is 1. The summed E-state index contributed by atoms with van der Waals surface area (Å²) >= 11 is 0. The molecule has 0 bridgehead atoms. The van der Waals surface area contributed by atoms with Gasteiger partial charge in [-0.1, -0.05) is 12.1 Å². The third-order valence-corrected chi connectivity index (χ3v) is 4.01. The van der Waals surface area contributed by atoms with Crippen molar-refractivity contribution >= 4 is 22.6 Å². The average Bonchev–Trinajstić information content (AvgIpc) is 3.18. The zero-order valence-corrected chi connectivity index (χ0v) is 13.4. The van der Waals surface area contributed by atoms with Crippen molar-refractivity contribution in [1.29, 1.82) is 0 Å². The van der Waals surface area contributed by atoms with Gasteiger partial charge < -0.3 is 14.7 Å². The number of aromatic nitrogens is 4. The number of carbonyl (C=O) groups excluding carboxylic acids is 1. The predicted molar refractivity (Wildman–Crippen MR) is 91.9 cm³/mol. The maximum Gasteiger partial charge on any atom is 0.272 e. The Hall–Kier alpha value is -3.15. The van der Waals surface area contributed by atoms with E-state index in [-0.39, 0.29) is 11.9 Å². The number of rotatable bonds is 3. The van der Waals surface area contributed by atoms with E-state index in [1.165, 1.54) is 0 Å². The van der Waals surface area contributed by atoms with Gasteiger partial charge in [0.05, 0.1) is 17.1 Å². The molecule has 120 valence electrons. The van der Waals surface area contributed by atoms with E-state index in [0.717, 1.165) is 28.1 Å². The zero-order chi connectivity index (χ0) is 16.7. The molecule has 1 aromatic carbocycles. The van der Waals surface area contributed by atoms with E-state index in [1.54, 1.807) is 6.20 Å². The number of nitrogens with zero attached hydrogens (tertiary/aromatic N) is 3. The smallest absolute Gasteiger partial charge is 0.272 e. The van der Waals surface area contributed by atoms with Crippen LogP contribution in [-0.4, -0.2) is 25.3 Å². The molecule has 24 heavy (non-hydrogen) atoms. The number of para-hydroxylation sites is 2. The van der Waals surface area contributed by atoms with Gasteiger partial charge in [0.25, 0.3) is 5.91 Å². The first-order valence-electron chi connectivity index (χ1n) is 7.81. The number of hydrogen-bond acceptors (Lipinski definition) is 3. The maximum atomic E-state index is 12.5. The lowest BCUT2D eigenvalue weighted by Crippen LogP contribution is -2.27. The van der Waals surface area contributed by atoms with Gasteiger partial charge in [-0.25, -0.2) is 9.97 Å². The molecule has 1 atom stereocenters. The second-order valence-corrected chi connectivity index (χ2v) is 5.93. The Morgan fingerprint density at radius 3 is 2.92 bits per heavy atom. The molecule has 3 heterocycles. The Balaban J connectivity index is 1.57. The van der Waals surface area contributed by atoms with Crippen LogP contribution in [-0.2, 0) is 0 Å². The van der Waals surface area contributed by atoms with Gasteiger partial charge >= 0.3 is 0 Å². The van der Waals surface area contributed by atoms with Crippen LogP contribution in [0.1, 0.15) is 34.8 Å². The molecule has 4 rings (SSSR count). The Bertz CT molecular complexity index is 1010. The molecule has 3 aromatic heterocycles. The number of fused-ring (bicyclic) bond motifs is 2. The lowest BCUT2D eigenvalue weighted by atomic mass is 10.3. The van der Waals surface area contributed by atoms with Crippen LogP contribution in [0.25, 0.3) is 16.7 Å². The van der Waals surface area contributed by atoms with Gasteiger partial charge in [-0.2, -0.15) is 0 Å². The van der Waals surface area contributed by atoms with Crippen LogP contribution in [0.3, 0.4) is 0 Å². The van der Waals surface area contributed by atoms with E-state index < -0.39 is 0 Å². The molecule has 0 aliphatic rings. The summed E-state index contributed by atoms with van der Waals surface area (Å²) in [7, 11) is 0. The van der Waals surface area contributed by atoms with Crippen molar-refractivity contribution in [3.05, 3.63) is 65.9 Å². The van der Waals surface area contributed by atoms with Crippen molar-refractivity contribution in [1.82, 2.24) is 24.7 Å². The van der Waals surface area contributed by atoms with Crippen molar-refractivity contribution < 1.29 is 4.79 Å². The Morgan fingerprint density at radius 2 is 2.08 bits per heavy atom. The number of pyridine rings is 1. The first-order valence-corrected chi connectivity index (χ1v) is 7.81. The highest BCUT2D eigenvalue weighted by Crippen LogP contribution is 2.16. The number of aromatic amines is 1. The molecule has 0 aliphatic carbocycles. The average molecular weight is 319 g/mol. The predicted octanol–water partition coefficient (Wildman–Crippen LogP) is 3.01. The number of imidazole rings is 2. The summed E-state index contributed by atoms with van der Waals surface area (Å²) in [6.07, 6.45) is 3.63. The third kappa shape index (κ3) is 2.52. The molecule has 4 aromatic rings. The maximum absolute atomic E-state index is 12.5. The summed E-state index contributed by atoms with van der Waals surface area (Å²) < 4.78 is 1.84. The van der Waals surface area contributed by atoms with Gasteiger partial charge in [0, 0.05) is 12.4 Å². The SMILES string of the molecule is Cc1ccn2cc(C(=O)N[C@H](C)c3nc4ccccc4[nH]3)nc2c1. The summed E-state index contributed by atoms with van der Waals surface area (Å²) in [6.45, 7) is 3.90. The number of hydrogen-bond donors (Lipinski definition) is 2. The first kappa shape index (κ1) is 14.4. The van der Waals surface area contributed by atoms with Crippen LogP contribution >= 0.6 is 0 Å². The molecule has 6 heteroatoms. The van der Waals surface area contributed by atoms with Crippen molar-refractivity contribution in [2.24, 2.45) is 0 Å². The molecule has 6 nitrogen and oxygen atoms in total. The van der Waals surface area contributed by atoms with Crippen LogP contribution < -0.4 is 5.32 Å². The number of carbonyl (C=O) groups is 1. The van der Waals surface area contributed by atoms with Gasteiger partial charge in [-0.3, -0.25) is 4.79 Å². The molecule has 0 fully saturated rings. The van der Waals surface area contributed by atoms with Crippen molar-refractivity contribution in [2.45, 2.75) is 19.9 Å². The Labute approximate surface area is 138 Å². The summed E-state index contributed by atoms with van der Waals surface area (Å²) in [4.78, 5) is 24.6. The molecule has 1 amide bonds. The minimum absolute atomic E-state index is 0.218. The van der Waals surface area contributed by atoms with Crippen molar-refractivity contribution in [3.63, 3.8) is 0 Å². The zero-order valence-electron chi connectivity index (χ0n) is 13.4. The highest BCUT2D eigenvalue weighted by atomic mass is 16.2. The highest BCUT2D eigenvalue weighted by molar-refractivity contribution is 5.93. The summed E-state index contributed by atoms with van der Waals surface area (Å²) in [5, 5.41) is 2.94. The summed E-state index contributed by atoms with van der Waals surface area (Å²) in [5.41, 5.74) is 4.10. The Morgan fingerprint density at radius 1 is 1.25 bits per heavy atom. The standard InChI is InChI=1S/C18H17N5O/c1-11-7-8-23-10-15(20-16(23)9-11)18(24)19-12(2)17-21-13-5-3-4-6-14(13)22-17/h3-10,12H,1-2H3,(H,19,24)(H,21,22)/t12-/m1/s1. The molecule has 0 saturated carbocycles. The van der Waals surface area contributed by atoms with Crippen molar-refractivity contribution in [2.75, 3.05) is 0 Å². The van der Waals surface area contributed by atoms with Gasteiger partial charge in [0.15, 0.2) is 0 Å². The molecule has 0 spiro atoms. The number of nitrogens with one attached hydrogen (secondary N) is 2. The number of amides is 1. The molecule has 2 N–H and O–H groups in total. The van der Waals surface area contributed by atoms with Gasteiger partial charge in [-0.15, -0.1) is 0 Å². The third-order valence-electron chi connectivity index (χ3n) is 4.01. The van der Waals surface area contributed by atoms with Crippen LogP contribution in [0.2, 0.25) is 0 Å². The second kappa shape index (κ2) is 5.49. The van der Waals surface area contributed by atoms with Gasteiger partial charge in [0.2, 0.25) is 0 Å². The van der Waals surface area contributed by atoms with E-state index in [2.05, 4.69) is 20.3 Å². The summed E-state index contributed by atoms with van der Waals surface area (Å²) in [6, 6.07) is 11.5. The fourth-order valence-electron chi connectivity index (χ4n) is 2.71. The molecule has 0 aliphatic heterocycles. The van der Waals surface area contributed by atoms with E-state index in [0.29, 0.717) is 5.69 Å². The minimum Gasteiger partial charge on any atom is -0.341 e. The summed E-state index contributed by atoms with van der Waals surface area (Å²) in [5.74, 6) is 0.508. The molecular weight excluding hydrogens is 302 g/mol. The van der Waals surface area contributed by atoms with Crippen LogP contribution in [0.5, 0.6) is 0 Å². The molecular formula is C18H17N5O. The van der Waals surface area contributed by atoms with E-state index in [4.69, 9.17) is 0 Å². The lowest BCUT2D eigenvalue weighted by molar-refractivity contribution is 0.0934.